The van der Waals surface area contributed by atoms with Crippen molar-refractivity contribution in [2.24, 2.45) is 5.73 Å². The van der Waals surface area contributed by atoms with Gasteiger partial charge in [0.25, 0.3) is 0 Å². The smallest absolute Gasteiger partial charge is 0.192 e. The van der Waals surface area contributed by atoms with Gasteiger partial charge in [0.2, 0.25) is 0 Å². The quantitative estimate of drug-likeness (QED) is 0.882. The second-order valence-electron chi connectivity index (χ2n) is 3.47. The molecule has 0 unspecified atom stereocenters. The number of benzene rings is 1. The first kappa shape index (κ1) is 12.5. The van der Waals surface area contributed by atoms with Crippen LogP contribution in [0, 0.1) is 0 Å². The molecule has 0 radical (unpaired) electrons. The van der Waals surface area contributed by atoms with Crippen molar-refractivity contribution in [2.45, 2.75) is 16.5 Å². The molecule has 0 saturated carbocycles. The standard InChI is InChI=1S/C12H12BrN3S/c13-10-1-3-11(4-2-10)17-12-15-7-9(5-6-14)8-16-12/h1-4,7-8H,5-6,14H2. The van der Waals surface area contributed by atoms with Crippen LogP contribution in [0.15, 0.2) is 51.2 Å². The zero-order valence-electron chi connectivity index (χ0n) is 9.14. The van der Waals surface area contributed by atoms with Gasteiger partial charge in [-0.05, 0) is 54.6 Å². The Hall–Kier alpha value is -0.910. The molecular formula is C12H12BrN3S. The Bertz CT molecular complexity index is 470. The summed E-state index contributed by atoms with van der Waals surface area (Å²) in [6.45, 7) is 0.628. The molecule has 1 aromatic heterocycles. The SMILES string of the molecule is NCCc1cnc(Sc2ccc(Br)cc2)nc1. The van der Waals surface area contributed by atoms with Gasteiger partial charge in [0.15, 0.2) is 5.16 Å². The first-order chi connectivity index (χ1) is 8.28. The number of nitrogens with two attached hydrogens (primary N) is 1. The summed E-state index contributed by atoms with van der Waals surface area (Å²) in [5.74, 6) is 0. The fourth-order valence-corrected chi connectivity index (χ4v) is 2.26. The number of rotatable bonds is 4. The molecule has 2 rings (SSSR count). The lowest BCUT2D eigenvalue weighted by Crippen LogP contribution is -2.03. The van der Waals surface area contributed by atoms with E-state index >= 15 is 0 Å². The minimum atomic E-state index is 0.628. The molecule has 1 aromatic carbocycles. The van der Waals surface area contributed by atoms with Crippen LogP contribution in [0.4, 0.5) is 0 Å². The molecule has 0 aliphatic carbocycles. The third kappa shape index (κ3) is 3.80. The third-order valence-corrected chi connectivity index (χ3v) is 3.57. The average molecular weight is 310 g/mol. The Balaban J connectivity index is 2.05. The fraction of sp³-hybridized carbons (Fsp3) is 0.167. The van der Waals surface area contributed by atoms with Crippen molar-refractivity contribution in [3.05, 3.63) is 46.7 Å². The molecular weight excluding hydrogens is 298 g/mol. The zero-order valence-corrected chi connectivity index (χ0v) is 11.5. The summed E-state index contributed by atoms with van der Waals surface area (Å²) < 4.78 is 1.07. The van der Waals surface area contributed by atoms with E-state index in [9.17, 15) is 0 Å². The van der Waals surface area contributed by atoms with Gasteiger partial charge in [0.1, 0.15) is 0 Å². The minimum absolute atomic E-state index is 0.628. The van der Waals surface area contributed by atoms with E-state index in [-0.39, 0.29) is 0 Å². The highest BCUT2D eigenvalue weighted by Crippen LogP contribution is 2.25. The van der Waals surface area contributed by atoms with Crippen molar-refractivity contribution >= 4 is 27.7 Å². The summed E-state index contributed by atoms with van der Waals surface area (Å²) in [6.07, 6.45) is 4.49. The highest BCUT2D eigenvalue weighted by atomic mass is 79.9. The maximum Gasteiger partial charge on any atom is 0.192 e. The summed E-state index contributed by atoms with van der Waals surface area (Å²) in [7, 11) is 0. The van der Waals surface area contributed by atoms with Gasteiger partial charge < -0.3 is 5.73 Å². The molecule has 0 aliphatic heterocycles. The Morgan fingerprint density at radius 3 is 2.35 bits per heavy atom. The Morgan fingerprint density at radius 2 is 1.76 bits per heavy atom. The maximum atomic E-state index is 5.47. The number of halogens is 1. The first-order valence-corrected chi connectivity index (χ1v) is 6.83. The Kier molecular flexibility index (Phi) is 4.53. The van der Waals surface area contributed by atoms with Crippen molar-refractivity contribution in [1.29, 1.82) is 0 Å². The van der Waals surface area contributed by atoms with Crippen LogP contribution >= 0.6 is 27.7 Å². The van der Waals surface area contributed by atoms with Crippen molar-refractivity contribution in [2.75, 3.05) is 6.54 Å². The monoisotopic (exact) mass is 309 g/mol. The summed E-state index contributed by atoms with van der Waals surface area (Å²) in [4.78, 5) is 9.72. The molecule has 2 aromatic rings. The van der Waals surface area contributed by atoms with Crippen molar-refractivity contribution in [1.82, 2.24) is 9.97 Å². The van der Waals surface area contributed by atoms with E-state index in [2.05, 4.69) is 25.9 Å². The summed E-state index contributed by atoms with van der Waals surface area (Å²) in [5.41, 5.74) is 6.55. The largest absolute Gasteiger partial charge is 0.330 e. The molecule has 0 atom stereocenters. The molecule has 0 amide bonds. The molecule has 17 heavy (non-hydrogen) atoms. The lowest BCUT2D eigenvalue weighted by atomic mass is 10.2. The molecule has 5 heteroatoms. The fourth-order valence-electron chi connectivity index (χ4n) is 1.30. The van der Waals surface area contributed by atoms with E-state index in [1.807, 2.05) is 36.7 Å². The molecule has 0 spiro atoms. The van der Waals surface area contributed by atoms with E-state index < -0.39 is 0 Å². The molecule has 3 nitrogen and oxygen atoms in total. The zero-order chi connectivity index (χ0) is 12.1. The van der Waals surface area contributed by atoms with E-state index in [0.29, 0.717) is 6.54 Å². The van der Waals surface area contributed by atoms with Gasteiger partial charge in [-0.15, -0.1) is 0 Å². The highest BCUT2D eigenvalue weighted by Gasteiger charge is 2.00. The first-order valence-electron chi connectivity index (χ1n) is 5.22. The van der Waals surface area contributed by atoms with Gasteiger partial charge >= 0.3 is 0 Å². The summed E-state index contributed by atoms with van der Waals surface area (Å²) >= 11 is 4.95. The van der Waals surface area contributed by atoms with Crippen LogP contribution in [0.1, 0.15) is 5.56 Å². The van der Waals surface area contributed by atoms with E-state index in [1.54, 1.807) is 11.8 Å². The number of nitrogens with zero attached hydrogens (tertiary/aromatic N) is 2. The van der Waals surface area contributed by atoms with Crippen molar-refractivity contribution in [3.63, 3.8) is 0 Å². The Labute approximate surface area is 113 Å². The van der Waals surface area contributed by atoms with Crippen LogP contribution in [0.25, 0.3) is 0 Å². The molecule has 0 bridgehead atoms. The predicted octanol–water partition coefficient (Wildman–Crippen LogP) is 2.89. The van der Waals surface area contributed by atoms with Gasteiger partial charge in [-0.25, -0.2) is 9.97 Å². The van der Waals surface area contributed by atoms with Crippen LogP contribution in [0.3, 0.4) is 0 Å². The minimum Gasteiger partial charge on any atom is -0.330 e. The van der Waals surface area contributed by atoms with Gasteiger partial charge in [0.05, 0.1) is 0 Å². The normalized spacial score (nSPS) is 10.5. The van der Waals surface area contributed by atoms with Gasteiger partial charge in [0, 0.05) is 21.8 Å². The number of hydrogen-bond donors (Lipinski definition) is 1. The van der Waals surface area contributed by atoms with Crippen LogP contribution < -0.4 is 5.73 Å². The topological polar surface area (TPSA) is 51.8 Å². The van der Waals surface area contributed by atoms with Crippen LogP contribution in [-0.4, -0.2) is 16.5 Å². The van der Waals surface area contributed by atoms with Gasteiger partial charge in [-0.2, -0.15) is 0 Å². The molecule has 0 aliphatic rings. The molecule has 0 saturated heterocycles. The average Bonchev–Trinajstić information content (AvgIpc) is 2.35. The van der Waals surface area contributed by atoms with Crippen LogP contribution in [0.2, 0.25) is 0 Å². The predicted molar refractivity (Wildman–Crippen MR) is 73.1 cm³/mol. The van der Waals surface area contributed by atoms with E-state index in [0.717, 1.165) is 26.5 Å². The third-order valence-electron chi connectivity index (χ3n) is 2.14. The highest BCUT2D eigenvalue weighted by molar-refractivity contribution is 9.10. The molecule has 1 heterocycles. The lowest BCUT2D eigenvalue weighted by Gasteiger charge is -2.01. The van der Waals surface area contributed by atoms with Crippen LogP contribution in [0.5, 0.6) is 0 Å². The second-order valence-corrected chi connectivity index (χ2v) is 5.42. The molecule has 88 valence electrons. The van der Waals surface area contributed by atoms with E-state index in [1.165, 1.54) is 0 Å². The number of hydrogen-bond acceptors (Lipinski definition) is 4. The summed E-state index contributed by atoms with van der Waals surface area (Å²) in [5, 5.41) is 0.757. The lowest BCUT2D eigenvalue weighted by molar-refractivity contribution is 0.890. The van der Waals surface area contributed by atoms with E-state index in [4.69, 9.17) is 5.73 Å². The van der Waals surface area contributed by atoms with Crippen molar-refractivity contribution in [3.8, 4) is 0 Å². The van der Waals surface area contributed by atoms with Crippen LogP contribution in [-0.2, 0) is 6.42 Å². The van der Waals surface area contributed by atoms with Crippen molar-refractivity contribution < 1.29 is 0 Å². The maximum absolute atomic E-state index is 5.47. The van der Waals surface area contributed by atoms with Gasteiger partial charge in [-0.3, -0.25) is 0 Å². The Morgan fingerprint density at radius 1 is 1.12 bits per heavy atom. The second kappa shape index (κ2) is 6.14. The number of aromatic nitrogens is 2. The molecule has 2 N–H and O–H groups in total. The summed E-state index contributed by atoms with van der Waals surface area (Å²) in [6, 6.07) is 8.08. The van der Waals surface area contributed by atoms with Gasteiger partial charge in [-0.1, -0.05) is 15.9 Å². The molecule has 0 fully saturated rings.